The van der Waals surface area contributed by atoms with Gasteiger partial charge in [-0.2, -0.15) is 0 Å². The number of likely N-dealkylation sites (N-methyl/N-ethyl adjacent to an activating group) is 1. The molecule has 3 N–H and O–H groups in total. The van der Waals surface area contributed by atoms with E-state index in [0.29, 0.717) is 0 Å². The molecule has 7 heteroatoms. The van der Waals surface area contributed by atoms with Crippen molar-refractivity contribution in [2.75, 3.05) is 55.0 Å². The van der Waals surface area contributed by atoms with E-state index in [1.807, 2.05) is 61.8 Å². The molecule has 2 aromatic rings. The Morgan fingerprint density at radius 2 is 1.59 bits per heavy atom. The van der Waals surface area contributed by atoms with Crippen molar-refractivity contribution in [3.8, 4) is 0 Å². The normalized spacial score (nSPS) is 14.5. The lowest BCUT2D eigenvalue weighted by Crippen LogP contribution is -3.11. The third-order valence-corrected chi connectivity index (χ3v) is 5.72. The van der Waals surface area contributed by atoms with E-state index in [-0.39, 0.29) is 24.9 Å². The second-order valence-corrected chi connectivity index (χ2v) is 8.20. The molecule has 1 aliphatic heterocycles. The van der Waals surface area contributed by atoms with E-state index in [1.165, 1.54) is 18.5 Å². The molecule has 1 saturated heterocycles. The first kappa shape index (κ1) is 21.2. The largest absolute Gasteiger partial charge is 0.372 e. The highest BCUT2D eigenvalue weighted by atomic mass is 32.2. The zero-order valence-electron chi connectivity index (χ0n) is 17.0. The number of nitrogens with zero attached hydrogens (tertiary/aromatic N) is 1. The molecule has 6 nitrogen and oxygen atoms in total. The molecule has 1 aliphatic rings. The molecule has 0 aliphatic carbocycles. The van der Waals surface area contributed by atoms with Crippen LogP contribution in [0.5, 0.6) is 0 Å². The van der Waals surface area contributed by atoms with Crippen LogP contribution in [0, 0.1) is 0 Å². The van der Waals surface area contributed by atoms with Gasteiger partial charge in [0.25, 0.3) is 11.8 Å². The fraction of sp³-hybridized carbons (Fsp3) is 0.364. The molecule has 0 aromatic heterocycles. The lowest BCUT2D eigenvalue weighted by molar-refractivity contribution is -0.862. The van der Waals surface area contributed by atoms with Crippen LogP contribution in [-0.2, 0) is 9.59 Å². The Kier molecular flexibility index (Phi) is 7.55. The smallest absolute Gasteiger partial charge is 0.279 e. The zero-order chi connectivity index (χ0) is 20.6. The van der Waals surface area contributed by atoms with Gasteiger partial charge in [-0.15, -0.1) is 11.8 Å². The molecule has 1 unspecified atom stereocenters. The first-order valence-corrected chi connectivity index (χ1v) is 11.2. The molecule has 0 bridgehead atoms. The van der Waals surface area contributed by atoms with Crippen molar-refractivity contribution in [1.82, 2.24) is 0 Å². The number of rotatable bonds is 8. The molecule has 2 aromatic carbocycles. The fourth-order valence-corrected chi connectivity index (χ4v) is 4.04. The molecular formula is C22H29N4O2S+. The molecule has 29 heavy (non-hydrogen) atoms. The molecule has 1 atom stereocenters. The van der Waals surface area contributed by atoms with Gasteiger partial charge in [-0.3, -0.25) is 9.59 Å². The van der Waals surface area contributed by atoms with Gasteiger partial charge in [0, 0.05) is 29.4 Å². The number of quaternary nitrogens is 1. The van der Waals surface area contributed by atoms with E-state index in [4.69, 9.17) is 0 Å². The number of anilines is 3. The Morgan fingerprint density at radius 3 is 2.24 bits per heavy atom. The number of amides is 2. The first-order chi connectivity index (χ1) is 14.0. The molecule has 1 heterocycles. The van der Waals surface area contributed by atoms with Gasteiger partial charge in [-0.1, -0.05) is 12.1 Å². The van der Waals surface area contributed by atoms with Crippen LogP contribution in [0.4, 0.5) is 17.1 Å². The summed E-state index contributed by atoms with van der Waals surface area (Å²) < 4.78 is 0. The van der Waals surface area contributed by atoms with Crippen LogP contribution < -0.4 is 20.4 Å². The molecule has 0 saturated carbocycles. The number of para-hydroxylation sites is 1. The minimum Gasteiger partial charge on any atom is -0.372 e. The van der Waals surface area contributed by atoms with Crippen molar-refractivity contribution in [3.05, 3.63) is 48.5 Å². The summed E-state index contributed by atoms with van der Waals surface area (Å²) in [5, 5.41) is 5.85. The highest BCUT2D eigenvalue weighted by Crippen LogP contribution is 2.24. The maximum atomic E-state index is 12.3. The Balaban J connectivity index is 1.45. The van der Waals surface area contributed by atoms with E-state index in [2.05, 4.69) is 15.5 Å². The molecule has 1 fully saturated rings. The van der Waals surface area contributed by atoms with E-state index in [9.17, 15) is 9.59 Å². The molecule has 3 rings (SSSR count). The van der Waals surface area contributed by atoms with Gasteiger partial charge in [0.15, 0.2) is 13.1 Å². The van der Waals surface area contributed by atoms with Gasteiger partial charge < -0.3 is 20.4 Å². The zero-order valence-corrected chi connectivity index (χ0v) is 17.8. The number of nitrogens with one attached hydrogen (secondary N) is 3. The number of benzene rings is 2. The van der Waals surface area contributed by atoms with Gasteiger partial charge in [0.05, 0.1) is 12.7 Å². The van der Waals surface area contributed by atoms with Crippen LogP contribution >= 0.6 is 11.8 Å². The van der Waals surface area contributed by atoms with Crippen molar-refractivity contribution in [2.45, 2.75) is 17.7 Å². The average Bonchev–Trinajstić information content (AvgIpc) is 3.23. The number of hydrogen-bond donors (Lipinski definition) is 3. The Labute approximate surface area is 176 Å². The van der Waals surface area contributed by atoms with Crippen molar-refractivity contribution < 1.29 is 14.5 Å². The van der Waals surface area contributed by atoms with E-state index in [1.54, 1.807) is 11.8 Å². The quantitative estimate of drug-likeness (QED) is 0.580. The van der Waals surface area contributed by atoms with E-state index in [0.717, 1.165) is 34.3 Å². The maximum Gasteiger partial charge on any atom is 0.279 e. The monoisotopic (exact) mass is 413 g/mol. The predicted octanol–water partition coefficient (Wildman–Crippen LogP) is 2.10. The van der Waals surface area contributed by atoms with Crippen molar-refractivity contribution in [1.29, 1.82) is 0 Å². The van der Waals surface area contributed by atoms with Crippen LogP contribution in [0.15, 0.2) is 53.4 Å². The lowest BCUT2D eigenvalue weighted by atomic mass is 10.2. The summed E-state index contributed by atoms with van der Waals surface area (Å²) in [7, 11) is 1.84. The predicted molar refractivity (Wildman–Crippen MR) is 120 cm³/mol. The summed E-state index contributed by atoms with van der Waals surface area (Å²) in [4.78, 5) is 28.9. The fourth-order valence-electron chi connectivity index (χ4n) is 3.49. The van der Waals surface area contributed by atoms with Crippen molar-refractivity contribution >= 4 is 40.6 Å². The summed E-state index contributed by atoms with van der Waals surface area (Å²) in [6, 6.07) is 15.7. The summed E-state index contributed by atoms with van der Waals surface area (Å²) >= 11 is 1.59. The highest BCUT2D eigenvalue weighted by Gasteiger charge is 2.16. The van der Waals surface area contributed by atoms with Crippen LogP contribution in [0.25, 0.3) is 0 Å². The summed E-state index contributed by atoms with van der Waals surface area (Å²) in [6.07, 6.45) is 4.46. The van der Waals surface area contributed by atoms with Crippen LogP contribution in [0.2, 0.25) is 0 Å². The minimum atomic E-state index is -0.105. The molecule has 2 amide bonds. The SMILES string of the molecule is CSc1ccccc1NC(=O)C[NH+](C)CC(=O)Nc1ccc(N2CCCC2)cc1. The lowest BCUT2D eigenvalue weighted by Gasteiger charge is -2.18. The molecule has 0 radical (unpaired) electrons. The standard InChI is InChI=1S/C22H28N4O2S/c1-25(16-22(28)24-19-7-3-4-8-20(19)29-2)15-21(27)23-17-9-11-18(12-10-17)26-13-5-6-14-26/h3-4,7-12H,5-6,13-16H2,1-2H3,(H,23,27)(H,24,28)/p+1. The van der Waals surface area contributed by atoms with Crippen LogP contribution in [0.1, 0.15) is 12.8 Å². The first-order valence-electron chi connectivity index (χ1n) is 9.94. The topological polar surface area (TPSA) is 65.9 Å². The number of hydrogen-bond acceptors (Lipinski definition) is 4. The molecule has 154 valence electrons. The Bertz CT molecular complexity index is 835. The number of thioether (sulfide) groups is 1. The maximum absolute atomic E-state index is 12.3. The number of carbonyl (C=O) groups is 2. The van der Waals surface area contributed by atoms with E-state index >= 15 is 0 Å². The summed E-state index contributed by atoms with van der Waals surface area (Å²) in [5.41, 5.74) is 2.79. The van der Waals surface area contributed by atoms with Crippen molar-refractivity contribution in [3.63, 3.8) is 0 Å². The van der Waals surface area contributed by atoms with Gasteiger partial charge in [-0.05, 0) is 55.5 Å². The van der Waals surface area contributed by atoms with Gasteiger partial charge >= 0.3 is 0 Å². The van der Waals surface area contributed by atoms with Crippen LogP contribution in [-0.4, -0.2) is 51.3 Å². The molecule has 0 spiro atoms. The Hall–Kier alpha value is -2.51. The van der Waals surface area contributed by atoms with Gasteiger partial charge in [0.1, 0.15) is 0 Å². The second kappa shape index (κ2) is 10.3. The number of carbonyl (C=O) groups excluding carboxylic acids is 2. The second-order valence-electron chi connectivity index (χ2n) is 7.35. The Morgan fingerprint density at radius 1 is 0.966 bits per heavy atom. The van der Waals surface area contributed by atoms with Crippen LogP contribution in [0.3, 0.4) is 0 Å². The summed E-state index contributed by atoms with van der Waals surface area (Å²) in [6.45, 7) is 2.65. The summed E-state index contributed by atoms with van der Waals surface area (Å²) in [5.74, 6) is -0.208. The van der Waals surface area contributed by atoms with Gasteiger partial charge in [-0.25, -0.2) is 0 Å². The van der Waals surface area contributed by atoms with Crippen molar-refractivity contribution in [2.24, 2.45) is 0 Å². The third kappa shape index (κ3) is 6.24. The minimum absolute atomic E-state index is 0.103. The third-order valence-electron chi connectivity index (χ3n) is 4.93. The van der Waals surface area contributed by atoms with Gasteiger partial charge in [0.2, 0.25) is 0 Å². The molecular weight excluding hydrogens is 384 g/mol. The highest BCUT2D eigenvalue weighted by molar-refractivity contribution is 7.98. The average molecular weight is 414 g/mol. The van der Waals surface area contributed by atoms with E-state index < -0.39 is 0 Å².